The van der Waals surface area contributed by atoms with Gasteiger partial charge in [0.15, 0.2) is 0 Å². The zero-order valence-corrected chi connectivity index (χ0v) is 16.0. The van der Waals surface area contributed by atoms with E-state index in [1.807, 2.05) is 18.2 Å². The molecule has 0 bridgehead atoms. The van der Waals surface area contributed by atoms with Gasteiger partial charge >= 0.3 is 0 Å². The van der Waals surface area contributed by atoms with Crippen LogP contribution in [-0.2, 0) is 27.4 Å². The summed E-state index contributed by atoms with van der Waals surface area (Å²) in [4.78, 5) is 38.2. The summed E-state index contributed by atoms with van der Waals surface area (Å²) in [5, 5.41) is 9.20. The second-order valence-electron chi connectivity index (χ2n) is 7.68. The first kappa shape index (κ1) is 19.0. The van der Waals surface area contributed by atoms with Crippen molar-refractivity contribution in [2.24, 2.45) is 0 Å². The molecule has 3 atom stereocenters. The van der Waals surface area contributed by atoms with Gasteiger partial charge in [-0.1, -0.05) is 18.2 Å². The highest BCUT2D eigenvalue weighted by Gasteiger charge is 2.39. The van der Waals surface area contributed by atoms with Crippen LogP contribution in [0.5, 0.6) is 0 Å². The lowest BCUT2D eigenvalue weighted by Crippen LogP contribution is -2.52. The minimum Gasteiger partial charge on any atom is -0.380 e. The molecule has 3 unspecified atom stereocenters. The number of methoxy groups -OCH3 is 1. The number of rotatable bonds is 6. The molecule has 1 aromatic carbocycles. The standard InChI is InChI=1S/C20H26N4O4/c1-28-15-7-14(22-10-15)9-21-8-12-3-2-4-13-11-24(20(27)18(12)13)16-5-6-17(25)23-19(16)26/h2-4,14-16,21-22H,5-11H2,1H3,(H,23,25,26). The van der Waals surface area contributed by atoms with Gasteiger partial charge in [0.2, 0.25) is 11.8 Å². The molecule has 3 aliphatic rings. The number of piperidine rings is 1. The number of carbonyl (C=O) groups excluding carboxylic acids is 3. The Morgan fingerprint density at radius 1 is 1.29 bits per heavy atom. The Bertz CT molecular complexity index is 796. The molecule has 3 amide bonds. The molecule has 0 aromatic heterocycles. The Morgan fingerprint density at radius 2 is 2.14 bits per heavy atom. The number of hydrogen-bond acceptors (Lipinski definition) is 6. The van der Waals surface area contributed by atoms with E-state index < -0.39 is 6.04 Å². The zero-order valence-electron chi connectivity index (χ0n) is 16.0. The first-order valence-electron chi connectivity index (χ1n) is 9.79. The van der Waals surface area contributed by atoms with Crippen molar-refractivity contribution in [3.8, 4) is 0 Å². The van der Waals surface area contributed by atoms with E-state index >= 15 is 0 Å². The van der Waals surface area contributed by atoms with E-state index in [4.69, 9.17) is 4.74 Å². The monoisotopic (exact) mass is 386 g/mol. The van der Waals surface area contributed by atoms with Gasteiger partial charge in [0.1, 0.15) is 6.04 Å². The Balaban J connectivity index is 1.40. The highest BCUT2D eigenvalue weighted by molar-refractivity contribution is 6.05. The lowest BCUT2D eigenvalue weighted by molar-refractivity contribution is -0.136. The number of benzene rings is 1. The van der Waals surface area contributed by atoms with Gasteiger partial charge in [0.25, 0.3) is 5.91 Å². The molecule has 8 heteroatoms. The van der Waals surface area contributed by atoms with E-state index in [0.717, 1.165) is 30.6 Å². The highest BCUT2D eigenvalue weighted by atomic mass is 16.5. The molecule has 2 saturated heterocycles. The minimum absolute atomic E-state index is 0.125. The van der Waals surface area contributed by atoms with Crippen LogP contribution in [0.1, 0.15) is 40.7 Å². The molecule has 4 rings (SSSR count). The maximum absolute atomic E-state index is 13.0. The van der Waals surface area contributed by atoms with Crippen LogP contribution >= 0.6 is 0 Å². The van der Waals surface area contributed by atoms with Crippen LogP contribution in [0, 0.1) is 0 Å². The smallest absolute Gasteiger partial charge is 0.255 e. The van der Waals surface area contributed by atoms with Crippen LogP contribution in [-0.4, -0.2) is 61.0 Å². The van der Waals surface area contributed by atoms with E-state index in [9.17, 15) is 14.4 Å². The van der Waals surface area contributed by atoms with Gasteiger partial charge in [-0.05, 0) is 24.0 Å². The molecule has 1 aromatic rings. The summed E-state index contributed by atoms with van der Waals surface area (Å²) in [5.74, 6) is -0.774. The van der Waals surface area contributed by atoms with Crippen molar-refractivity contribution in [2.75, 3.05) is 20.2 Å². The second kappa shape index (κ2) is 7.98. The maximum atomic E-state index is 13.0. The maximum Gasteiger partial charge on any atom is 0.255 e. The van der Waals surface area contributed by atoms with Crippen molar-refractivity contribution in [1.82, 2.24) is 20.9 Å². The quantitative estimate of drug-likeness (QED) is 0.591. The van der Waals surface area contributed by atoms with Crippen LogP contribution in [0.2, 0.25) is 0 Å². The van der Waals surface area contributed by atoms with Gasteiger partial charge in [-0.2, -0.15) is 0 Å². The number of nitrogens with one attached hydrogen (secondary N) is 3. The SMILES string of the molecule is COC1CNC(CNCc2cccc3c2C(=O)N(C2CCC(=O)NC2=O)C3)C1. The van der Waals surface area contributed by atoms with Crippen molar-refractivity contribution < 1.29 is 19.1 Å². The highest BCUT2D eigenvalue weighted by Crippen LogP contribution is 2.29. The van der Waals surface area contributed by atoms with Gasteiger partial charge < -0.3 is 20.3 Å². The average Bonchev–Trinajstić information content (AvgIpc) is 3.27. The number of imide groups is 1. The predicted octanol–water partition coefficient (Wildman–Crippen LogP) is -0.0859. The summed E-state index contributed by atoms with van der Waals surface area (Å²) >= 11 is 0. The Hall–Kier alpha value is -2.29. The molecule has 3 N–H and O–H groups in total. The lowest BCUT2D eigenvalue weighted by Gasteiger charge is -2.29. The lowest BCUT2D eigenvalue weighted by atomic mass is 10.0. The van der Waals surface area contributed by atoms with E-state index in [1.54, 1.807) is 12.0 Å². The van der Waals surface area contributed by atoms with Crippen LogP contribution in [0.4, 0.5) is 0 Å². The zero-order chi connectivity index (χ0) is 19.7. The van der Waals surface area contributed by atoms with Crippen LogP contribution < -0.4 is 16.0 Å². The number of amides is 3. The molecule has 0 aliphatic carbocycles. The van der Waals surface area contributed by atoms with Crippen molar-refractivity contribution in [2.45, 2.75) is 50.5 Å². The van der Waals surface area contributed by atoms with E-state index in [1.165, 1.54) is 0 Å². The number of nitrogens with zero attached hydrogens (tertiary/aromatic N) is 1. The summed E-state index contributed by atoms with van der Waals surface area (Å²) in [7, 11) is 1.73. The largest absolute Gasteiger partial charge is 0.380 e. The van der Waals surface area contributed by atoms with Gasteiger partial charge in [-0.3, -0.25) is 19.7 Å². The normalized spacial score (nSPS) is 27.2. The molecule has 150 valence electrons. The molecular formula is C20H26N4O4. The molecule has 3 aliphatic heterocycles. The van der Waals surface area contributed by atoms with Gasteiger partial charge in [0, 0.05) is 51.3 Å². The van der Waals surface area contributed by atoms with Crippen LogP contribution in [0.15, 0.2) is 18.2 Å². The Morgan fingerprint density at radius 3 is 2.89 bits per heavy atom. The number of fused-ring (bicyclic) bond motifs is 1. The van der Waals surface area contributed by atoms with E-state index in [2.05, 4.69) is 16.0 Å². The summed E-state index contributed by atoms with van der Waals surface area (Å²) in [6.07, 6.45) is 1.88. The van der Waals surface area contributed by atoms with Crippen LogP contribution in [0.25, 0.3) is 0 Å². The third kappa shape index (κ3) is 3.67. The van der Waals surface area contributed by atoms with Crippen molar-refractivity contribution in [3.05, 3.63) is 34.9 Å². The fraction of sp³-hybridized carbons (Fsp3) is 0.550. The van der Waals surface area contributed by atoms with Crippen LogP contribution in [0.3, 0.4) is 0 Å². The third-order valence-corrected chi connectivity index (χ3v) is 5.86. The first-order valence-corrected chi connectivity index (χ1v) is 9.79. The molecule has 0 radical (unpaired) electrons. The molecule has 28 heavy (non-hydrogen) atoms. The average molecular weight is 386 g/mol. The van der Waals surface area contributed by atoms with Crippen molar-refractivity contribution in [1.29, 1.82) is 0 Å². The van der Waals surface area contributed by atoms with Gasteiger partial charge in [-0.25, -0.2) is 0 Å². The minimum atomic E-state index is -0.577. The number of carbonyl (C=O) groups is 3. The Labute approximate surface area is 164 Å². The topological polar surface area (TPSA) is 99.8 Å². The van der Waals surface area contributed by atoms with E-state index in [-0.39, 0.29) is 30.2 Å². The summed E-state index contributed by atoms with van der Waals surface area (Å²) in [6, 6.07) is 5.62. The van der Waals surface area contributed by atoms with Gasteiger partial charge in [0.05, 0.1) is 6.10 Å². The first-order chi connectivity index (χ1) is 13.6. The van der Waals surface area contributed by atoms with E-state index in [0.29, 0.717) is 31.1 Å². The van der Waals surface area contributed by atoms with Crippen molar-refractivity contribution >= 4 is 17.7 Å². The third-order valence-electron chi connectivity index (χ3n) is 5.86. The summed E-state index contributed by atoms with van der Waals surface area (Å²) < 4.78 is 5.37. The van der Waals surface area contributed by atoms with Crippen molar-refractivity contribution in [3.63, 3.8) is 0 Å². The fourth-order valence-corrected chi connectivity index (χ4v) is 4.34. The summed E-state index contributed by atoms with van der Waals surface area (Å²) in [6.45, 7) is 2.67. The summed E-state index contributed by atoms with van der Waals surface area (Å²) in [5.41, 5.74) is 2.57. The molecule has 3 heterocycles. The molecule has 0 spiro atoms. The molecular weight excluding hydrogens is 360 g/mol. The fourth-order valence-electron chi connectivity index (χ4n) is 4.34. The molecule has 2 fully saturated rings. The van der Waals surface area contributed by atoms with Gasteiger partial charge in [-0.15, -0.1) is 0 Å². The number of ether oxygens (including phenoxy) is 1. The number of hydrogen-bond donors (Lipinski definition) is 3. The Kier molecular flexibility index (Phi) is 5.43. The second-order valence-corrected chi connectivity index (χ2v) is 7.68. The predicted molar refractivity (Wildman–Crippen MR) is 101 cm³/mol. The molecule has 0 saturated carbocycles. The molecule has 8 nitrogen and oxygen atoms in total.